The summed E-state index contributed by atoms with van der Waals surface area (Å²) in [5.41, 5.74) is 1.83. The SMILES string of the molecule is [Rh][C]1=CC=CC1.c1ccc(-c2ccccn2)nc1. The van der Waals surface area contributed by atoms with Gasteiger partial charge in [-0.15, -0.1) is 0 Å². The maximum Gasteiger partial charge on any atom is 0.0886 e. The molecule has 0 aromatic carbocycles. The normalized spacial score (nSPS) is 12.7. The van der Waals surface area contributed by atoms with E-state index in [0.29, 0.717) is 0 Å². The van der Waals surface area contributed by atoms with Crippen LogP contribution in [-0.2, 0) is 18.3 Å². The third kappa shape index (κ3) is 4.01. The molecule has 0 bridgehead atoms. The molecular weight excluding hydrogens is 311 g/mol. The largest absolute Gasteiger partial charge is 0.255 e. The van der Waals surface area contributed by atoms with Crippen LogP contribution in [0.2, 0.25) is 0 Å². The van der Waals surface area contributed by atoms with Crippen molar-refractivity contribution in [2.24, 2.45) is 0 Å². The predicted molar refractivity (Wildman–Crippen MR) is 69.3 cm³/mol. The molecule has 1 aliphatic rings. The molecule has 2 aromatic heterocycles. The molecule has 0 aliphatic heterocycles. The van der Waals surface area contributed by atoms with Crippen LogP contribution in [-0.4, -0.2) is 9.97 Å². The third-order valence-corrected chi connectivity index (χ3v) is 2.91. The van der Waals surface area contributed by atoms with Gasteiger partial charge in [-0.1, -0.05) is 12.1 Å². The predicted octanol–water partition coefficient (Wildman–Crippen LogP) is 3.52. The van der Waals surface area contributed by atoms with Crippen LogP contribution in [0.5, 0.6) is 0 Å². The molecule has 0 fully saturated rings. The van der Waals surface area contributed by atoms with Gasteiger partial charge in [-0.05, 0) is 24.3 Å². The Kier molecular flexibility index (Phi) is 4.98. The van der Waals surface area contributed by atoms with E-state index < -0.39 is 0 Å². The molecule has 0 unspecified atom stereocenters. The van der Waals surface area contributed by atoms with Crippen LogP contribution in [0.1, 0.15) is 6.42 Å². The van der Waals surface area contributed by atoms with E-state index in [1.54, 1.807) is 12.4 Å². The monoisotopic (exact) mass is 324 g/mol. The number of rotatable bonds is 1. The van der Waals surface area contributed by atoms with Gasteiger partial charge in [0.1, 0.15) is 0 Å². The minimum Gasteiger partial charge on any atom is -0.255 e. The summed E-state index contributed by atoms with van der Waals surface area (Å²) in [4.78, 5) is 8.37. The van der Waals surface area contributed by atoms with Gasteiger partial charge in [-0.2, -0.15) is 0 Å². The first-order valence-electron chi connectivity index (χ1n) is 5.67. The van der Waals surface area contributed by atoms with Crippen LogP contribution in [0.15, 0.2) is 71.2 Å². The Morgan fingerprint density at radius 3 is 1.78 bits per heavy atom. The zero-order chi connectivity index (χ0) is 12.6. The van der Waals surface area contributed by atoms with Gasteiger partial charge in [0, 0.05) is 12.4 Å². The smallest absolute Gasteiger partial charge is 0.0886 e. The summed E-state index contributed by atoms with van der Waals surface area (Å²) < 4.78 is 1.36. The first kappa shape index (κ1) is 12.8. The molecule has 2 nitrogen and oxygen atoms in total. The zero-order valence-corrected chi connectivity index (χ0v) is 11.4. The molecule has 3 rings (SSSR count). The van der Waals surface area contributed by atoms with Gasteiger partial charge in [0.05, 0.1) is 11.4 Å². The van der Waals surface area contributed by atoms with E-state index in [-0.39, 0.29) is 0 Å². The van der Waals surface area contributed by atoms with E-state index in [0.717, 1.165) is 17.8 Å². The number of aromatic nitrogens is 2. The summed E-state index contributed by atoms with van der Waals surface area (Å²) in [6.45, 7) is 0. The Bertz CT molecular complexity index is 495. The Labute approximate surface area is 117 Å². The molecule has 2 heterocycles. The van der Waals surface area contributed by atoms with Crippen molar-refractivity contribution in [2.75, 3.05) is 0 Å². The van der Waals surface area contributed by atoms with Crippen molar-refractivity contribution in [1.82, 2.24) is 9.97 Å². The van der Waals surface area contributed by atoms with Crippen LogP contribution >= 0.6 is 0 Å². The maximum atomic E-state index is 4.19. The first-order chi connectivity index (χ1) is 8.86. The second kappa shape index (κ2) is 6.98. The fraction of sp³-hybridized carbons (Fsp3) is 0.0667. The van der Waals surface area contributed by atoms with Crippen molar-refractivity contribution in [2.45, 2.75) is 6.42 Å². The van der Waals surface area contributed by atoms with Gasteiger partial charge in [0.15, 0.2) is 0 Å². The minimum absolute atomic E-state index is 0.915. The summed E-state index contributed by atoms with van der Waals surface area (Å²) in [5, 5.41) is 0. The van der Waals surface area contributed by atoms with Crippen LogP contribution < -0.4 is 0 Å². The summed E-state index contributed by atoms with van der Waals surface area (Å²) >= 11 is 2.84. The molecule has 0 amide bonds. The average molecular weight is 324 g/mol. The van der Waals surface area contributed by atoms with Crippen LogP contribution in [0.25, 0.3) is 11.4 Å². The molecule has 2 aromatic rings. The summed E-state index contributed by atoms with van der Waals surface area (Å²) in [5.74, 6) is 0. The van der Waals surface area contributed by atoms with Gasteiger partial charge < -0.3 is 0 Å². The zero-order valence-electron chi connectivity index (χ0n) is 9.79. The standard InChI is InChI=1S/C10H8N2.C5H5.Rh/c1-3-7-11-9(5-1)10-6-2-4-8-12-10;1-2-4-5-3-1;/h1-8H;1-3H,4H2;. The maximum absolute atomic E-state index is 4.19. The first-order valence-corrected chi connectivity index (χ1v) is 6.49. The fourth-order valence-corrected chi connectivity index (χ4v) is 1.79. The molecule has 0 saturated heterocycles. The molecule has 0 spiro atoms. The summed E-state index contributed by atoms with van der Waals surface area (Å²) in [6, 6.07) is 11.6. The molecule has 0 saturated carbocycles. The van der Waals surface area contributed by atoms with E-state index in [2.05, 4.69) is 46.5 Å². The summed E-state index contributed by atoms with van der Waals surface area (Å²) in [6.07, 6.45) is 10.9. The molecule has 0 atom stereocenters. The van der Waals surface area contributed by atoms with Gasteiger partial charge >= 0.3 is 47.1 Å². The van der Waals surface area contributed by atoms with E-state index in [9.17, 15) is 0 Å². The van der Waals surface area contributed by atoms with Crippen molar-refractivity contribution in [3.63, 3.8) is 0 Å². The van der Waals surface area contributed by atoms with Gasteiger partial charge in [0.25, 0.3) is 0 Å². The van der Waals surface area contributed by atoms with Crippen molar-refractivity contribution >= 4 is 0 Å². The second-order valence-corrected chi connectivity index (χ2v) is 4.70. The van der Waals surface area contributed by atoms with Crippen molar-refractivity contribution in [3.05, 3.63) is 71.2 Å². The van der Waals surface area contributed by atoms with E-state index >= 15 is 0 Å². The molecule has 3 heteroatoms. The van der Waals surface area contributed by atoms with Gasteiger partial charge in [-0.3, -0.25) is 9.97 Å². The Morgan fingerprint density at radius 1 is 0.889 bits per heavy atom. The molecule has 92 valence electrons. The van der Waals surface area contributed by atoms with E-state index in [4.69, 9.17) is 0 Å². The van der Waals surface area contributed by atoms with Crippen molar-refractivity contribution in [3.8, 4) is 11.4 Å². The number of hydrogen-bond donors (Lipinski definition) is 0. The van der Waals surface area contributed by atoms with Gasteiger partial charge in [-0.25, -0.2) is 0 Å². The molecule has 0 N–H and O–H groups in total. The average Bonchev–Trinajstić information content (AvgIpc) is 2.93. The number of allylic oxidation sites excluding steroid dienone is 4. The van der Waals surface area contributed by atoms with Crippen LogP contribution in [0.4, 0.5) is 0 Å². The van der Waals surface area contributed by atoms with Gasteiger partial charge in [0.2, 0.25) is 0 Å². The fourth-order valence-electron chi connectivity index (χ4n) is 1.44. The van der Waals surface area contributed by atoms with Crippen LogP contribution in [0.3, 0.4) is 0 Å². The molecule has 0 radical (unpaired) electrons. The van der Waals surface area contributed by atoms with Crippen molar-refractivity contribution in [1.29, 1.82) is 0 Å². The quantitative estimate of drug-likeness (QED) is 0.750. The Hall–Kier alpha value is -1.60. The Balaban J connectivity index is 0.000000169. The second-order valence-electron chi connectivity index (χ2n) is 3.65. The number of hydrogen-bond acceptors (Lipinski definition) is 2. The van der Waals surface area contributed by atoms with E-state index in [1.165, 1.54) is 4.17 Å². The topological polar surface area (TPSA) is 25.8 Å². The summed E-state index contributed by atoms with van der Waals surface area (Å²) in [7, 11) is 0. The van der Waals surface area contributed by atoms with Crippen LogP contribution in [0, 0.1) is 0 Å². The molecule has 18 heavy (non-hydrogen) atoms. The number of nitrogens with zero attached hydrogens (tertiary/aromatic N) is 2. The Morgan fingerprint density at radius 2 is 1.50 bits per heavy atom. The third-order valence-electron chi connectivity index (χ3n) is 2.30. The molecular formula is C15H13N2Rh. The van der Waals surface area contributed by atoms with Crippen molar-refractivity contribution < 1.29 is 18.3 Å². The number of pyridine rings is 2. The van der Waals surface area contributed by atoms with E-state index in [1.807, 2.05) is 36.4 Å². The minimum atomic E-state index is 0.915. The molecule has 1 aliphatic carbocycles.